The van der Waals surface area contributed by atoms with Gasteiger partial charge in [-0.1, -0.05) is 95.3 Å². The fourth-order valence-electron chi connectivity index (χ4n) is 6.06. The third kappa shape index (κ3) is 5.13. The molecule has 0 fully saturated rings. The number of hydrogen-bond donors (Lipinski definition) is 0. The molecule has 2 aromatic heterocycles. The maximum absolute atomic E-state index is 15.6. The van der Waals surface area contributed by atoms with E-state index >= 15 is 4.39 Å². The first kappa shape index (κ1) is 27.9. The van der Waals surface area contributed by atoms with Crippen LogP contribution in [0.5, 0.6) is 0 Å². The van der Waals surface area contributed by atoms with Crippen LogP contribution in [-0.4, -0.2) is 0 Å². The van der Waals surface area contributed by atoms with Gasteiger partial charge in [-0.25, -0.2) is 8.96 Å². The van der Waals surface area contributed by atoms with Gasteiger partial charge in [0.1, 0.15) is 24.0 Å². The summed E-state index contributed by atoms with van der Waals surface area (Å²) in [7, 11) is 2.07. The minimum atomic E-state index is -0.285. The van der Waals surface area contributed by atoms with Crippen molar-refractivity contribution in [3.63, 3.8) is 0 Å². The summed E-state index contributed by atoms with van der Waals surface area (Å²) >= 11 is 0. The number of nitrogens with zero attached hydrogens (tertiary/aromatic N) is 1. The average Bonchev–Trinajstić information content (AvgIpc) is 3.32. The molecule has 2 heterocycles. The van der Waals surface area contributed by atoms with Crippen LogP contribution in [0.1, 0.15) is 57.2 Å². The molecule has 0 saturated carbocycles. The molecule has 0 aliphatic heterocycles. The van der Waals surface area contributed by atoms with Crippen molar-refractivity contribution < 1.29 is 13.4 Å². The highest BCUT2D eigenvalue weighted by Crippen LogP contribution is 2.42. The Labute approximate surface area is 248 Å². The quantitative estimate of drug-likeness (QED) is 0.193. The normalized spacial score (nSPS) is 12.1. The van der Waals surface area contributed by atoms with E-state index in [1.807, 2.05) is 18.2 Å². The number of aryl methyl sites for hydroxylation is 2. The third-order valence-electron chi connectivity index (χ3n) is 8.23. The Kier molecular flexibility index (Phi) is 7.01. The number of rotatable bonds is 5. The second-order valence-corrected chi connectivity index (χ2v) is 13.2. The van der Waals surface area contributed by atoms with Crippen LogP contribution in [0.4, 0.5) is 4.39 Å². The molecule has 0 unspecified atom stereocenters. The maximum Gasteiger partial charge on any atom is 0.216 e. The fraction of sp³-hybridized carbons (Fsp3) is 0.256. The first-order chi connectivity index (χ1) is 20.0. The van der Waals surface area contributed by atoms with Crippen LogP contribution in [0.2, 0.25) is 0 Å². The van der Waals surface area contributed by atoms with E-state index in [2.05, 4.69) is 120 Å². The van der Waals surface area contributed by atoms with Crippen molar-refractivity contribution >= 4 is 21.9 Å². The number of halogens is 1. The van der Waals surface area contributed by atoms with Gasteiger partial charge in [0.25, 0.3) is 0 Å². The summed E-state index contributed by atoms with van der Waals surface area (Å²) in [5.74, 6) is 0.174. The van der Waals surface area contributed by atoms with Gasteiger partial charge in [0.2, 0.25) is 5.69 Å². The van der Waals surface area contributed by atoms with Gasteiger partial charge >= 0.3 is 0 Å². The standard InChI is InChI=1S/C39H39FNO/c1-24(2)29-9-8-10-30(22-29)27-12-14-28(15-13-27)36-33(40)18-17-32-31-16-11-25(3)35(37(31)42-38(32)36)34-21-26(19-20-41(34)7)23-39(4,5)6/h8-22,24H,23H2,1-7H3/q+1. The molecule has 42 heavy (non-hydrogen) atoms. The third-order valence-corrected chi connectivity index (χ3v) is 8.23. The molecule has 6 rings (SSSR count). The fourth-order valence-corrected chi connectivity index (χ4v) is 6.06. The molecule has 0 bridgehead atoms. The van der Waals surface area contributed by atoms with Gasteiger partial charge < -0.3 is 4.42 Å². The second-order valence-electron chi connectivity index (χ2n) is 13.2. The van der Waals surface area contributed by atoms with Crippen LogP contribution < -0.4 is 4.57 Å². The molecule has 0 aliphatic rings. The molecular formula is C39H39FNO+. The number of aromatic nitrogens is 1. The van der Waals surface area contributed by atoms with E-state index in [0.717, 1.165) is 56.3 Å². The molecule has 0 atom stereocenters. The van der Waals surface area contributed by atoms with Crippen molar-refractivity contribution in [1.82, 2.24) is 0 Å². The van der Waals surface area contributed by atoms with Gasteiger partial charge in [0.05, 0.1) is 11.1 Å². The molecule has 0 radical (unpaired) electrons. The Balaban J connectivity index is 1.50. The smallest absolute Gasteiger partial charge is 0.216 e. The van der Waals surface area contributed by atoms with Gasteiger partial charge in [-0.3, -0.25) is 0 Å². The Bertz CT molecular complexity index is 1940. The van der Waals surface area contributed by atoms with Crippen molar-refractivity contribution in [2.45, 2.75) is 53.9 Å². The van der Waals surface area contributed by atoms with Crippen molar-refractivity contribution in [3.8, 4) is 33.5 Å². The van der Waals surface area contributed by atoms with E-state index in [4.69, 9.17) is 4.42 Å². The summed E-state index contributed by atoms with van der Waals surface area (Å²) in [4.78, 5) is 0. The molecule has 4 aromatic carbocycles. The number of fused-ring (bicyclic) bond motifs is 3. The summed E-state index contributed by atoms with van der Waals surface area (Å²) in [5, 5.41) is 1.92. The minimum absolute atomic E-state index is 0.177. The van der Waals surface area contributed by atoms with Crippen LogP contribution in [0, 0.1) is 18.2 Å². The zero-order valence-corrected chi connectivity index (χ0v) is 25.7. The maximum atomic E-state index is 15.6. The molecule has 2 nitrogen and oxygen atoms in total. The van der Waals surface area contributed by atoms with Crippen LogP contribution in [-0.2, 0) is 13.5 Å². The lowest BCUT2D eigenvalue weighted by atomic mass is 9.88. The number of pyridine rings is 1. The van der Waals surface area contributed by atoms with E-state index < -0.39 is 0 Å². The van der Waals surface area contributed by atoms with E-state index in [9.17, 15) is 0 Å². The first-order valence-electron chi connectivity index (χ1n) is 14.8. The zero-order chi connectivity index (χ0) is 29.8. The Hall–Kier alpha value is -4.24. The molecule has 0 N–H and O–H groups in total. The largest absolute Gasteiger partial charge is 0.454 e. The van der Waals surface area contributed by atoms with Crippen molar-refractivity contribution in [2.24, 2.45) is 12.5 Å². The zero-order valence-electron chi connectivity index (χ0n) is 25.7. The topological polar surface area (TPSA) is 17.0 Å². The van der Waals surface area contributed by atoms with Gasteiger partial charge in [0.15, 0.2) is 6.20 Å². The molecule has 212 valence electrons. The van der Waals surface area contributed by atoms with Gasteiger partial charge in [0, 0.05) is 22.9 Å². The highest BCUT2D eigenvalue weighted by molar-refractivity contribution is 6.13. The summed E-state index contributed by atoms with van der Waals surface area (Å²) in [6.45, 7) is 13.3. The molecule has 0 spiro atoms. The van der Waals surface area contributed by atoms with Crippen LogP contribution >= 0.6 is 0 Å². The van der Waals surface area contributed by atoms with E-state index in [1.54, 1.807) is 6.07 Å². The molecule has 0 saturated heterocycles. The molecular weight excluding hydrogens is 517 g/mol. The van der Waals surface area contributed by atoms with E-state index in [1.165, 1.54) is 11.1 Å². The highest BCUT2D eigenvalue weighted by atomic mass is 19.1. The Morgan fingerprint density at radius 1 is 0.762 bits per heavy atom. The highest BCUT2D eigenvalue weighted by Gasteiger charge is 2.24. The first-order valence-corrected chi connectivity index (χ1v) is 14.8. The van der Waals surface area contributed by atoms with Gasteiger partial charge in [-0.2, -0.15) is 0 Å². The van der Waals surface area contributed by atoms with Crippen LogP contribution in [0.3, 0.4) is 0 Å². The Morgan fingerprint density at radius 3 is 2.12 bits per heavy atom. The minimum Gasteiger partial charge on any atom is -0.454 e. The second kappa shape index (κ2) is 10.5. The van der Waals surface area contributed by atoms with Crippen molar-refractivity contribution in [1.29, 1.82) is 0 Å². The SMILES string of the molecule is Cc1ccc2c(oc3c(-c4ccc(-c5cccc(C(C)C)c5)cc4)c(F)ccc32)c1-c1cc(CC(C)(C)C)cc[n+]1C. The lowest BCUT2D eigenvalue weighted by Gasteiger charge is -2.18. The molecule has 3 heteroatoms. The summed E-state index contributed by atoms with van der Waals surface area (Å²) < 4.78 is 24.4. The summed E-state index contributed by atoms with van der Waals surface area (Å²) in [6.07, 6.45) is 3.10. The molecule has 0 aliphatic carbocycles. The van der Waals surface area contributed by atoms with Gasteiger partial charge in [-0.15, -0.1) is 0 Å². The number of furan rings is 1. The lowest BCUT2D eigenvalue weighted by Crippen LogP contribution is -2.31. The lowest BCUT2D eigenvalue weighted by molar-refractivity contribution is -0.660. The van der Waals surface area contributed by atoms with E-state index in [-0.39, 0.29) is 11.2 Å². The summed E-state index contributed by atoms with van der Waals surface area (Å²) in [6, 6.07) is 28.9. The number of hydrogen-bond acceptors (Lipinski definition) is 1. The van der Waals surface area contributed by atoms with Crippen molar-refractivity contribution in [3.05, 3.63) is 114 Å². The van der Waals surface area contributed by atoms with Crippen LogP contribution in [0.25, 0.3) is 55.4 Å². The predicted molar refractivity (Wildman–Crippen MR) is 173 cm³/mol. The van der Waals surface area contributed by atoms with Crippen molar-refractivity contribution in [2.75, 3.05) is 0 Å². The Morgan fingerprint density at radius 2 is 1.43 bits per heavy atom. The van der Waals surface area contributed by atoms with E-state index in [0.29, 0.717) is 17.1 Å². The average molecular weight is 557 g/mol. The predicted octanol–water partition coefficient (Wildman–Crippen LogP) is 10.6. The number of benzene rings is 4. The van der Waals surface area contributed by atoms with Gasteiger partial charge in [-0.05, 0) is 70.2 Å². The molecule has 0 amide bonds. The monoisotopic (exact) mass is 556 g/mol. The molecule has 6 aromatic rings. The summed E-state index contributed by atoms with van der Waals surface area (Å²) in [5.41, 5.74) is 11.0. The van der Waals surface area contributed by atoms with Crippen LogP contribution in [0.15, 0.2) is 95.5 Å².